The summed E-state index contributed by atoms with van der Waals surface area (Å²) in [6.07, 6.45) is 1.43. The highest BCUT2D eigenvalue weighted by molar-refractivity contribution is 5.82. The Hall–Kier alpha value is -2.50. The van der Waals surface area contributed by atoms with E-state index >= 15 is 0 Å². The van der Waals surface area contributed by atoms with Crippen LogP contribution in [0.1, 0.15) is 30.3 Å². The van der Waals surface area contributed by atoms with Crippen LogP contribution in [0.5, 0.6) is 11.5 Å². The van der Waals surface area contributed by atoms with Gasteiger partial charge in [0.25, 0.3) is 5.91 Å². The zero-order chi connectivity index (χ0) is 17.4. The Morgan fingerprint density at radius 2 is 2.04 bits per heavy atom. The normalized spacial score (nSPS) is 22.7. The lowest BCUT2D eigenvalue weighted by Crippen LogP contribution is -2.50. The molecule has 2 aromatic rings. The number of hydrogen-bond acceptors (Lipinski definition) is 4. The highest BCUT2D eigenvalue weighted by atomic mass is 16.6. The van der Waals surface area contributed by atoms with E-state index in [1.807, 2.05) is 36.1 Å². The van der Waals surface area contributed by atoms with E-state index in [-0.39, 0.29) is 18.6 Å². The van der Waals surface area contributed by atoms with Gasteiger partial charge >= 0.3 is 0 Å². The minimum Gasteiger partial charge on any atom is -0.485 e. The van der Waals surface area contributed by atoms with E-state index in [4.69, 9.17) is 9.47 Å². The molecule has 0 saturated carbocycles. The molecule has 25 heavy (non-hydrogen) atoms. The Morgan fingerprint density at radius 3 is 2.80 bits per heavy atom. The fraction of sp³-hybridized carbons (Fsp3) is 0.474. The van der Waals surface area contributed by atoms with E-state index < -0.39 is 6.10 Å². The molecular weight excluding hydrogens is 318 g/mol. The first-order valence-electron chi connectivity index (χ1n) is 8.82. The van der Waals surface area contributed by atoms with E-state index in [9.17, 15) is 4.79 Å². The summed E-state index contributed by atoms with van der Waals surface area (Å²) in [5, 5.41) is 4.59. The number of amides is 1. The number of aryl methyl sites for hydroxylation is 2. The number of hydrogen-bond donors (Lipinski definition) is 0. The summed E-state index contributed by atoms with van der Waals surface area (Å²) >= 11 is 0. The average Bonchev–Trinajstić information content (AvgIpc) is 2.99. The summed E-state index contributed by atoms with van der Waals surface area (Å²) in [6, 6.07) is 9.78. The second kappa shape index (κ2) is 6.43. The standard InChI is InChI=1S/C19H23N3O3/c1-13-10-14(2)22(20-13)15-6-5-9-21(11-15)19(23)18-12-24-16-7-3-4-8-17(16)25-18/h3-4,7-8,10,15,18H,5-6,9,11-12H2,1-2H3/t15-,18+/m0/s1. The number of fused-ring (bicyclic) bond motifs is 1. The van der Waals surface area contributed by atoms with Gasteiger partial charge in [-0.05, 0) is 44.9 Å². The maximum Gasteiger partial charge on any atom is 0.267 e. The molecule has 2 atom stereocenters. The topological polar surface area (TPSA) is 56.6 Å². The number of nitrogens with zero attached hydrogens (tertiary/aromatic N) is 3. The monoisotopic (exact) mass is 341 g/mol. The maximum absolute atomic E-state index is 12.9. The molecule has 0 N–H and O–H groups in total. The Bertz CT molecular complexity index is 786. The van der Waals surface area contributed by atoms with Crippen LogP contribution in [0.25, 0.3) is 0 Å². The quantitative estimate of drug-likeness (QED) is 0.842. The van der Waals surface area contributed by atoms with Crippen LogP contribution >= 0.6 is 0 Å². The fourth-order valence-electron chi connectivity index (χ4n) is 3.72. The molecule has 2 aliphatic rings. The number of carbonyl (C=O) groups excluding carboxylic acids is 1. The third kappa shape index (κ3) is 3.08. The molecule has 4 rings (SSSR count). The van der Waals surface area contributed by atoms with Crippen molar-refractivity contribution in [3.05, 3.63) is 41.7 Å². The van der Waals surface area contributed by atoms with Crippen molar-refractivity contribution in [1.82, 2.24) is 14.7 Å². The highest BCUT2D eigenvalue weighted by Gasteiger charge is 2.34. The van der Waals surface area contributed by atoms with E-state index in [1.54, 1.807) is 0 Å². The molecule has 2 aliphatic heterocycles. The van der Waals surface area contributed by atoms with Crippen LogP contribution in [0.2, 0.25) is 0 Å². The number of benzene rings is 1. The lowest BCUT2D eigenvalue weighted by atomic mass is 10.0. The molecule has 6 nitrogen and oxygen atoms in total. The van der Waals surface area contributed by atoms with Crippen molar-refractivity contribution in [1.29, 1.82) is 0 Å². The van der Waals surface area contributed by atoms with Crippen molar-refractivity contribution in [2.75, 3.05) is 19.7 Å². The molecule has 132 valence electrons. The van der Waals surface area contributed by atoms with Crippen molar-refractivity contribution in [2.24, 2.45) is 0 Å². The zero-order valence-corrected chi connectivity index (χ0v) is 14.6. The van der Waals surface area contributed by atoms with Gasteiger partial charge in [-0.1, -0.05) is 12.1 Å². The van der Waals surface area contributed by atoms with Gasteiger partial charge in [0.2, 0.25) is 6.10 Å². The third-order valence-corrected chi connectivity index (χ3v) is 4.88. The number of para-hydroxylation sites is 2. The van der Waals surface area contributed by atoms with Gasteiger partial charge in [-0.2, -0.15) is 5.10 Å². The van der Waals surface area contributed by atoms with Gasteiger partial charge < -0.3 is 14.4 Å². The van der Waals surface area contributed by atoms with Crippen molar-refractivity contribution in [3.8, 4) is 11.5 Å². The first kappa shape index (κ1) is 16.0. The summed E-state index contributed by atoms with van der Waals surface area (Å²) in [4.78, 5) is 14.8. The zero-order valence-electron chi connectivity index (χ0n) is 14.6. The van der Waals surface area contributed by atoms with Gasteiger partial charge in [0.15, 0.2) is 11.5 Å². The SMILES string of the molecule is Cc1cc(C)n([C@H]2CCCN(C(=O)[C@H]3COc4ccccc4O3)C2)n1. The summed E-state index contributed by atoms with van der Waals surface area (Å²) < 4.78 is 13.6. The van der Waals surface area contributed by atoms with Gasteiger partial charge in [-0.3, -0.25) is 9.48 Å². The predicted molar refractivity (Wildman–Crippen MR) is 92.9 cm³/mol. The predicted octanol–water partition coefficient (Wildman–Crippen LogP) is 2.50. The maximum atomic E-state index is 12.9. The van der Waals surface area contributed by atoms with Crippen LogP contribution in [0.15, 0.2) is 30.3 Å². The minimum absolute atomic E-state index is 0.000680. The Balaban J connectivity index is 1.46. The summed E-state index contributed by atoms with van der Waals surface area (Å²) in [5.41, 5.74) is 2.16. The molecule has 1 aromatic carbocycles. The van der Waals surface area contributed by atoms with E-state index in [2.05, 4.69) is 22.8 Å². The lowest BCUT2D eigenvalue weighted by molar-refractivity contribution is -0.143. The second-order valence-corrected chi connectivity index (χ2v) is 6.82. The first-order chi connectivity index (χ1) is 12.1. The molecule has 1 saturated heterocycles. The van der Waals surface area contributed by atoms with Gasteiger partial charge in [-0.15, -0.1) is 0 Å². The Labute approximate surface area is 147 Å². The lowest BCUT2D eigenvalue weighted by Gasteiger charge is -2.36. The number of carbonyl (C=O) groups is 1. The molecule has 1 aromatic heterocycles. The number of piperidine rings is 1. The molecule has 3 heterocycles. The molecule has 6 heteroatoms. The van der Waals surface area contributed by atoms with E-state index in [1.165, 1.54) is 0 Å². The van der Waals surface area contributed by atoms with Gasteiger partial charge in [0, 0.05) is 18.8 Å². The smallest absolute Gasteiger partial charge is 0.267 e. The van der Waals surface area contributed by atoms with Crippen LogP contribution < -0.4 is 9.47 Å². The van der Waals surface area contributed by atoms with Crippen molar-refractivity contribution in [3.63, 3.8) is 0 Å². The van der Waals surface area contributed by atoms with E-state index in [0.29, 0.717) is 18.0 Å². The fourth-order valence-corrected chi connectivity index (χ4v) is 3.72. The highest BCUT2D eigenvalue weighted by Crippen LogP contribution is 2.32. The van der Waals surface area contributed by atoms with Gasteiger partial charge in [0.05, 0.1) is 11.7 Å². The van der Waals surface area contributed by atoms with E-state index in [0.717, 1.165) is 30.8 Å². The molecule has 0 radical (unpaired) electrons. The summed E-state index contributed by atoms with van der Waals surface area (Å²) in [5.74, 6) is 1.34. The molecule has 1 fully saturated rings. The molecule has 1 amide bonds. The Kier molecular flexibility index (Phi) is 4.11. The number of rotatable bonds is 2. The van der Waals surface area contributed by atoms with Crippen molar-refractivity contribution < 1.29 is 14.3 Å². The summed E-state index contributed by atoms with van der Waals surface area (Å²) in [7, 11) is 0. The van der Waals surface area contributed by atoms with Gasteiger partial charge in [0.1, 0.15) is 6.61 Å². The number of aromatic nitrogens is 2. The molecule has 0 unspecified atom stereocenters. The van der Waals surface area contributed by atoms with Crippen LogP contribution in [0, 0.1) is 13.8 Å². The number of likely N-dealkylation sites (tertiary alicyclic amines) is 1. The van der Waals surface area contributed by atoms with Crippen LogP contribution in [0.4, 0.5) is 0 Å². The van der Waals surface area contributed by atoms with Crippen LogP contribution in [0.3, 0.4) is 0 Å². The number of ether oxygens (including phenoxy) is 2. The van der Waals surface area contributed by atoms with Gasteiger partial charge in [-0.25, -0.2) is 0 Å². The summed E-state index contributed by atoms with van der Waals surface area (Å²) in [6.45, 7) is 5.76. The van der Waals surface area contributed by atoms with Crippen molar-refractivity contribution in [2.45, 2.75) is 38.8 Å². The van der Waals surface area contributed by atoms with Crippen LogP contribution in [-0.2, 0) is 4.79 Å². The Morgan fingerprint density at radius 1 is 1.24 bits per heavy atom. The molecule has 0 aliphatic carbocycles. The second-order valence-electron chi connectivity index (χ2n) is 6.82. The molecular formula is C19H23N3O3. The minimum atomic E-state index is -0.575. The van der Waals surface area contributed by atoms with Crippen molar-refractivity contribution >= 4 is 5.91 Å². The largest absolute Gasteiger partial charge is 0.485 e. The first-order valence-corrected chi connectivity index (χ1v) is 8.82. The average molecular weight is 341 g/mol. The molecule has 0 bridgehead atoms. The third-order valence-electron chi connectivity index (χ3n) is 4.88. The molecule has 0 spiro atoms. The van der Waals surface area contributed by atoms with Crippen LogP contribution in [-0.4, -0.2) is 46.4 Å².